The Morgan fingerprint density at radius 2 is 2.04 bits per heavy atom. The Hall–Kier alpha value is -1.41. The van der Waals surface area contributed by atoms with Crippen molar-refractivity contribution in [3.8, 4) is 0 Å². The minimum absolute atomic E-state index is 0.331. The van der Waals surface area contributed by atoms with Crippen LogP contribution in [0.5, 0.6) is 0 Å². The van der Waals surface area contributed by atoms with E-state index in [-0.39, 0.29) is 0 Å². The van der Waals surface area contributed by atoms with Crippen LogP contribution in [0.3, 0.4) is 0 Å². The standard InChI is InChI=1S/C22H29NO/c1-16-21-14-18-8-9-19(24)15-20(18)22(16,2)11-13-23(21)12-10-17-6-4-3-5-7-17/h3-9,16,18,20-21H,10-15H2,1-2H3. The van der Waals surface area contributed by atoms with Crippen LogP contribution in [-0.4, -0.2) is 29.8 Å². The summed E-state index contributed by atoms with van der Waals surface area (Å²) in [7, 11) is 0. The summed E-state index contributed by atoms with van der Waals surface area (Å²) < 4.78 is 0. The number of allylic oxidation sites excluding steroid dienone is 2. The number of carbonyl (C=O) groups excluding carboxylic acids is 1. The second-order valence-electron chi connectivity index (χ2n) is 8.42. The van der Waals surface area contributed by atoms with Crippen LogP contribution < -0.4 is 0 Å². The minimum atomic E-state index is 0.331. The van der Waals surface area contributed by atoms with E-state index < -0.39 is 0 Å². The highest BCUT2D eigenvalue weighted by Crippen LogP contribution is 2.56. The maximum Gasteiger partial charge on any atom is 0.155 e. The number of nitrogens with zero attached hydrogens (tertiary/aromatic N) is 1. The first-order valence-corrected chi connectivity index (χ1v) is 9.57. The molecule has 1 aromatic rings. The number of hydrogen-bond acceptors (Lipinski definition) is 2. The first-order chi connectivity index (χ1) is 11.6. The van der Waals surface area contributed by atoms with Crippen LogP contribution in [0.15, 0.2) is 42.5 Å². The van der Waals surface area contributed by atoms with Gasteiger partial charge in [-0.3, -0.25) is 9.69 Å². The lowest BCUT2D eigenvalue weighted by Crippen LogP contribution is -2.61. The Morgan fingerprint density at radius 1 is 1.25 bits per heavy atom. The maximum absolute atomic E-state index is 12.0. The minimum Gasteiger partial charge on any atom is -0.300 e. The molecule has 0 radical (unpaired) electrons. The van der Waals surface area contributed by atoms with Gasteiger partial charge in [-0.2, -0.15) is 0 Å². The molecular weight excluding hydrogens is 294 g/mol. The van der Waals surface area contributed by atoms with Gasteiger partial charge in [0.2, 0.25) is 0 Å². The summed E-state index contributed by atoms with van der Waals surface area (Å²) in [5.74, 6) is 2.20. The predicted octanol–water partition coefficient (Wildman–Crippen LogP) is 4.11. The molecule has 128 valence electrons. The molecule has 0 spiro atoms. The summed E-state index contributed by atoms with van der Waals surface area (Å²) in [5.41, 5.74) is 1.77. The van der Waals surface area contributed by atoms with Crippen molar-refractivity contribution in [1.29, 1.82) is 0 Å². The van der Waals surface area contributed by atoms with Gasteiger partial charge in [0, 0.05) is 19.0 Å². The van der Waals surface area contributed by atoms with Crippen molar-refractivity contribution in [2.75, 3.05) is 13.1 Å². The van der Waals surface area contributed by atoms with Gasteiger partial charge in [0.05, 0.1) is 0 Å². The molecule has 1 saturated carbocycles. The molecular formula is C22H29NO. The van der Waals surface area contributed by atoms with Gasteiger partial charge in [0.1, 0.15) is 0 Å². The van der Waals surface area contributed by atoms with Gasteiger partial charge in [-0.15, -0.1) is 0 Å². The maximum atomic E-state index is 12.0. The van der Waals surface area contributed by atoms with Crippen molar-refractivity contribution in [3.05, 3.63) is 48.0 Å². The molecule has 0 N–H and O–H groups in total. The normalized spacial score (nSPS) is 38.8. The first kappa shape index (κ1) is 16.1. The van der Waals surface area contributed by atoms with E-state index in [0.29, 0.717) is 35.0 Å². The SMILES string of the molecule is CC1C2CC3C=CC(=O)CC3C1(C)CCN2CCc1ccccc1. The van der Waals surface area contributed by atoms with Crippen LogP contribution in [0, 0.1) is 23.2 Å². The predicted molar refractivity (Wildman–Crippen MR) is 97.8 cm³/mol. The monoisotopic (exact) mass is 323 g/mol. The van der Waals surface area contributed by atoms with Crippen LogP contribution in [0.2, 0.25) is 0 Å². The van der Waals surface area contributed by atoms with Crippen LogP contribution in [0.1, 0.15) is 38.7 Å². The summed E-state index contributed by atoms with van der Waals surface area (Å²) in [6.07, 6.45) is 8.47. The third kappa shape index (κ3) is 2.65. The average molecular weight is 323 g/mol. The highest BCUT2D eigenvalue weighted by atomic mass is 16.1. The highest BCUT2D eigenvalue weighted by molar-refractivity contribution is 5.90. The van der Waals surface area contributed by atoms with E-state index in [1.54, 1.807) is 0 Å². The summed E-state index contributed by atoms with van der Waals surface area (Å²) in [5, 5.41) is 0. The summed E-state index contributed by atoms with van der Waals surface area (Å²) >= 11 is 0. The number of benzene rings is 1. The number of carbonyl (C=O) groups is 1. The van der Waals surface area contributed by atoms with Crippen molar-refractivity contribution in [2.24, 2.45) is 23.2 Å². The van der Waals surface area contributed by atoms with Gasteiger partial charge < -0.3 is 0 Å². The van der Waals surface area contributed by atoms with Crippen LogP contribution in [0.4, 0.5) is 0 Å². The fraction of sp³-hybridized carbons (Fsp3) is 0.591. The van der Waals surface area contributed by atoms with Crippen LogP contribution >= 0.6 is 0 Å². The van der Waals surface area contributed by atoms with E-state index in [4.69, 9.17) is 0 Å². The van der Waals surface area contributed by atoms with Crippen molar-refractivity contribution < 1.29 is 4.79 Å². The topological polar surface area (TPSA) is 20.3 Å². The molecule has 2 heteroatoms. The Labute approximate surface area is 145 Å². The lowest BCUT2D eigenvalue weighted by molar-refractivity contribution is -0.128. The average Bonchev–Trinajstić information content (AvgIpc) is 2.59. The van der Waals surface area contributed by atoms with E-state index in [0.717, 1.165) is 19.4 Å². The van der Waals surface area contributed by atoms with Gasteiger partial charge in [-0.05, 0) is 60.6 Å². The Kier molecular flexibility index (Phi) is 4.12. The largest absolute Gasteiger partial charge is 0.300 e. The zero-order valence-electron chi connectivity index (χ0n) is 14.9. The second kappa shape index (κ2) is 6.15. The van der Waals surface area contributed by atoms with Gasteiger partial charge in [-0.1, -0.05) is 50.3 Å². The van der Waals surface area contributed by atoms with Crippen molar-refractivity contribution in [2.45, 2.75) is 45.6 Å². The number of piperidine rings is 1. The summed E-state index contributed by atoms with van der Waals surface area (Å²) in [6, 6.07) is 11.5. The Bertz CT molecular complexity index is 637. The molecule has 24 heavy (non-hydrogen) atoms. The molecule has 0 amide bonds. The zero-order valence-corrected chi connectivity index (χ0v) is 14.9. The van der Waals surface area contributed by atoms with E-state index >= 15 is 0 Å². The lowest BCUT2D eigenvalue weighted by atomic mass is 9.51. The molecule has 4 rings (SSSR count). The third-order valence-corrected chi connectivity index (χ3v) is 7.38. The molecule has 1 heterocycles. The van der Waals surface area contributed by atoms with Gasteiger partial charge in [-0.25, -0.2) is 0 Å². The highest BCUT2D eigenvalue weighted by Gasteiger charge is 2.54. The fourth-order valence-electron chi connectivity index (χ4n) is 5.65. The van der Waals surface area contributed by atoms with Crippen molar-refractivity contribution >= 4 is 5.78 Å². The molecule has 2 aliphatic carbocycles. The smallest absolute Gasteiger partial charge is 0.155 e. The van der Waals surface area contributed by atoms with E-state index in [1.165, 1.54) is 24.9 Å². The number of fused-ring (bicyclic) bond motifs is 4. The molecule has 0 aromatic heterocycles. The molecule has 5 atom stereocenters. The number of rotatable bonds is 3. The van der Waals surface area contributed by atoms with Gasteiger partial charge in [0.25, 0.3) is 0 Å². The molecule has 5 unspecified atom stereocenters. The molecule has 1 aliphatic heterocycles. The second-order valence-corrected chi connectivity index (χ2v) is 8.42. The molecule has 1 aromatic carbocycles. The zero-order chi connectivity index (χ0) is 16.7. The molecule has 2 nitrogen and oxygen atoms in total. The van der Waals surface area contributed by atoms with Gasteiger partial charge in [0.15, 0.2) is 5.78 Å². The molecule has 2 bridgehead atoms. The van der Waals surface area contributed by atoms with Crippen molar-refractivity contribution in [3.63, 3.8) is 0 Å². The summed E-state index contributed by atoms with van der Waals surface area (Å²) in [6.45, 7) is 7.26. The quantitative estimate of drug-likeness (QED) is 0.834. The summed E-state index contributed by atoms with van der Waals surface area (Å²) in [4.78, 5) is 14.7. The van der Waals surface area contributed by atoms with Crippen LogP contribution in [-0.2, 0) is 11.2 Å². The lowest BCUT2D eigenvalue weighted by Gasteiger charge is -2.60. The van der Waals surface area contributed by atoms with Crippen molar-refractivity contribution in [1.82, 2.24) is 4.90 Å². The molecule has 1 saturated heterocycles. The van der Waals surface area contributed by atoms with E-state index in [1.807, 2.05) is 6.08 Å². The van der Waals surface area contributed by atoms with Crippen LogP contribution in [0.25, 0.3) is 0 Å². The molecule has 3 aliphatic rings. The van der Waals surface area contributed by atoms with E-state index in [9.17, 15) is 4.79 Å². The molecule has 2 fully saturated rings. The van der Waals surface area contributed by atoms with Gasteiger partial charge >= 0.3 is 0 Å². The first-order valence-electron chi connectivity index (χ1n) is 9.57. The third-order valence-electron chi connectivity index (χ3n) is 7.38. The number of ketones is 1. The number of likely N-dealkylation sites (tertiary alicyclic amines) is 1. The Morgan fingerprint density at radius 3 is 2.83 bits per heavy atom. The number of hydrogen-bond donors (Lipinski definition) is 0. The van der Waals surface area contributed by atoms with E-state index in [2.05, 4.69) is 55.2 Å². The Balaban J connectivity index is 1.51. The fourth-order valence-corrected chi connectivity index (χ4v) is 5.65.